The van der Waals surface area contributed by atoms with Crippen molar-refractivity contribution in [2.75, 3.05) is 6.61 Å². The zero-order chi connectivity index (χ0) is 20.9. The molecular weight excluding hydrogens is 384 g/mol. The van der Waals surface area contributed by atoms with Gasteiger partial charge in [-0.2, -0.15) is 0 Å². The average Bonchev–Trinajstić information content (AvgIpc) is 3.25. The van der Waals surface area contributed by atoms with Gasteiger partial charge in [0.2, 0.25) is 0 Å². The molecule has 4 aromatic rings. The summed E-state index contributed by atoms with van der Waals surface area (Å²) in [5.74, 6) is -0.0884. The molecule has 1 atom stereocenters. The van der Waals surface area contributed by atoms with Crippen LogP contribution in [0.15, 0.2) is 79.1 Å². The van der Waals surface area contributed by atoms with Crippen LogP contribution >= 0.6 is 0 Å². The van der Waals surface area contributed by atoms with Crippen molar-refractivity contribution in [1.29, 1.82) is 0 Å². The molecule has 150 valence electrons. The van der Waals surface area contributed by atoms with Gasteiger partial charge < -0.3 is 15.0 Å². The molecule has 30 heavy (non-hydrogen) atoms. The SMILES string of the molecule is O=C(COc1cccc([N+](=O)[O-])c1)NC(c1ccccc1)c1ccc2nc[nH]c2c1. The molecule has 1 unspecified atom stereocenters. The first-order valence-corrected chi connectivity index (χ1v) is 9.25. The van der Waals surface area contributed by atoms with Gasteiger partial charge in [0.25, 0.3) is 11.6 Å². The zero-order valence-electron chi connectivity index (χ0n) is 15.8. The molecule has 0 fully saturated rings. The molecule has 0 radical (unpaired) electrons. The molecule has 8 nitrogen and oxygen atoms in total. The number of ether oxygens (including phenoxy) is 1. The molecule has 1 amide bonds. The van der Waals surface area contributed by atoms with E-state index in [1.807, 2.05) is 48.5 Å². The highest BCUT2D eigenvalue weighted by atomic mass is 16.6. The molecular formula is C22H18N4O4. The molecule has 0 aliphatic carbocycles. The number of carbonyl (C=O) groups is 1. The van der Waals surface area contributed by atoms with Crippen molar-refractivity contribution in [1.82, 2.24) is 15.3 Å². The van der Waals surface area contributed by atoms with Crippen LogP contribution in [-0.2, 0) is 4.79 Å². The Hall–Kier alpha value is -4.20. The second kappa shape index (κ2) is 8.44. The summed E-state index contributed by atoms with van der Waals surface area (Å²) in [6.45, 7) is -0.267. The minimum atomic E-state index is -0.510. The van der Waals surface area contributed by atoms with E-state index in [1.54, 1.807) is 12.4 Å². The van der Waals surface area contributed by atoms with Gasteiger partial charge in [-0.1, -0.05) is 42.5 Å². The third-order valence-electron chi connectivity index (χ3n) is 4.61. The van der Waals surface area contributed by atoms with Gasteiger partial charge in [-0.3, -0.25) is 14.9 Å². The molecule has 0 aliphatic rings. The lowest BCUT2D eigenvalue weighted by molar-refractivity contribution is -0.384. The highest BCUT2D eigenvalue weighted by Crippen LogP contribution is 2.25. The van der Waals surface area contributed by atoms with E-state index in [9.17, 15) is 14.9 Å². The van der Waals surface area contributed by atoms with E-state index < -0.39 is 4.92 Å². The number of rotatable bonds is 7. The number of non-ortho nitro benzene ring substituents is 1. The fraction of sp³-hybridized carbons (Fsp3) is 0.0909. The summed E-state index contributed by atoms with van der Waals surface area (Å²) in [5, 5.41) is 13.9. The molecule has 1 heterocycles. The Morgan fingerprint density at radius 1 is 1.07 bits per heavy atom. The van der Waals surface area contributed by atoms with E-state index in [0.29, 0.717) is 0 Å². The van der Waals surface area contributed by atoms with Gasteiger partial charge >= 0.3 is 0 Å². The molecule has 4 rings (SSSR count). The van der Waals surface area contributed by atoms with Crippen molar-refractivity contribution < 1.29 is 14.5 Å². The van der Waals surface area contributed by atoms with Crippen molar-refractivity contribution in [3.8, 4) is 5.75 Å². The monoisotopic (exact) mass is 402 g/mol. The molecule has 0 saturated heterocycles. The number of amides is 1. The number of carbonyl (C=O) groups excluding carboxylic acids is 1. The molecule has 1 aromatic heterocycles. The number of benzene rings is 3. The Labute approximate surface area is 171 Å². The number of aromatic amines is 1. The number of hydrogen-bond acceptors (Lipinski definition) is 5. The minimum Gasteiger partial charge on any atom is -0.484 e. The van der Waals surface area contributed by atoms with Crippen LogP contribution in [0.3, 0.4) is 0 Å². The maximum absolute atomic E-state index is 12.6. The zero-order valence-corrected chi connectivity index (χ0v) is 15.8. The molecule has 8 heteroatoms. The Bertz CT molecular complexity index is 1190. The fourth-order valence-corrected chi connectivity index (χ4v) is 3.18. The molecule has 0 saturated carbocycles. The van der Waals surface area contributed by atoms with E-state index in [0.717, 1.165) is 22.2 Å². The summed E-state index contributed by atoms with van der Waals surface area (Å²) in [4.78, 5) is 30.3. The van der Waals surface area contributed by atoms with Crippen LogP contribution in [0.1, 0.15) is 17.2 Å². The number of hydrogen-bond donors (Lipinski definition) is 2. The van der Waals surface area contributed by atoms with E-state index in [-0.39, 0.29) is 30.0 Å². The summed E-state index contributed by atoms with van der Waals surface area (Å²) in [7, 11) is 0. The normalized spacial score (nSPS) is 11.7. The van der Waals surface area contributed by atoms with E-state index in [4.69, 9.17) is 4.74 Å². The third kappa shape index (κ3) is 4.27. The smallest absolute Gasteiger partial charge is 0.273 e. The Balaban J connectivity index is 1.52. The van der Waals surface area contributed by atoms with Gasteiger partial charge in [-0.25, -0.2) is 4.98 Å². The van der Waals surface area contributed by atoms with Gasteiger partial charge in [0.15, 0.2) is 6.61 Å². The average molecular weight is 402 g/mol. The van der Waals surface area contributed by atoms with Crippen LogP contribution in [0.4, 0.5) is 5.69 Å². The lowest BCUT2D eigenvalue weighted by atomic mass is 9.98. The minimum absolute atomic E-state index is 0.0945. The Morgan fingerprint density at radius 3 is 2.70 bits per heavy atom. The van der Waals surface area contributed by atoms with Crippen LogP contribution in [0.5, 0.6) is 5.75 Å². The van der Waals surface area contributed by atoms with Crippen LogP contribution in [-0.4, -0.2) is 27.4 Å². The van der Waals surface area contributed by atoms with Crippen molar-refractivity contribution in [2.24, 2.45) is 0 Å². The van der Waals surface area contributed by atoms with Gasteiger partial charge in [0.1, 0.15) is 5.75 Å². The van der Waals surface area contributed by atoms with Gasteiger partial charge in [-0.05, 0) is 29.3 Å². The number of imidazole rings is 1. The van der Waals surface area contributed by atoms with E-state index in [1.165, 1.54) is 18.2 Å². The van der Waals surface area contributed by atoms with Gasteiger partial charge in [0, 0.05) is 6.07 Å². The third-order valence-corrected chi connectivity index (χ3v) is 4.61. The van der Waals surface area contributed by atoms with E-state index in [2.05, 4.69) is 15.3 Å². The molecule has 3 aromatic carbocycles. The number of nitro groups is 1. The van der Waals surface area contributed by atoms with Crippen LogP contribution in [0, 0.1) is 10.1 Å². The van der Waals surface area contributed by atoms with Crippen LogP contribution in [0.2, 0.25) is 0 Å². The van der Waals surface area contributed by atoms with Gasteiger partial charge in [-0.15, -0.1) is 0 Å². The molecule has 2 N–H and O–H groups in total. The lowest BCUT2D eigenvalue weighted by Crippen LogP contribution is -2.33. The first-order valence-electron chi connectivity index (χ1n) is 9.25. The predicted molar refractivity (Wildman–Crippen MR) is 111 cm³/mol. The standard InChI is InChI=1S/C22H18N4O4/c27-21(13-30-18-8-4-7-17(12-18)26(28)29)25-22(15-5-2-1-3-6-15)16-9-10-19-20(11-16)24-14-23-19/h1-12,14,22H,13H2,(H,23,24)(H,25,27). The summed E-state index contributed by atoms with van der Waals surface area (Å²) in [6, 6.07) is 20.7. The maximum atomic E-state index is 12.6. The Morgan fingerprint density at radius 2 is 1.90 bits per heavy atom. The number of nitro benzene ring substituents is 1. The first-order chi connectivity index (χ1) is 14.6. The molecule has 0 spiro atoms. The number of fused-ring (bicyclic) bond motifs is 1. The van der Waals surface area contributed by atoms with Gasteiger partial charge in [0.05, 0.1) is 34.4 Å². The topological polar surface area (TPSA) is 110 Å². The summed E-state index contributed by atoms with van der Waals surface area (Å²) < 4.78 is 5.46. The van der Waals surface area contributed by atoms with Crippen LogP contribution in [0.25, 0.3) is 11.0 Å². The van der Waals surface area contributed by atoms with Crippen molar-refractivity contribution in [3.05, 3.63) is 100 Å². The highest BCUT2D eigenvalue weighted by Gasteiger charge is 2.18. The second-order valence-electron chi connectivity index (χ2n) is 6.63. The summed E-state index contributed by atoms with van der Waals surface area (Å²) >= 11 is 0. The highest BCUT2D eigenvalue weighted by molar-refractivity contribution is 5.79. The Kier molecular flexibility index (Phi) is 5.38. The summed E-state index contributed by atoms with van der Waals surface area (Å²) in [6.07, 6.45) is 1.62. The van der Waals surface area contributed by atoms with Crippen molar-refractivity contribution >= 4 is 22.6 Å². The van der Waals surface area contributed by atoms with Crippen molar-refractivity contribution in [2.45, 2.75) is 6.04 Å². The number of nitrogens with one attached hydrogen (secondary N) is 2. The second-order valence-corrected chi connectivity index (χ2v) is 6.63. The molecule has 0 bridgehead atoms. The predicted octanol–water partition coefficient (Wildman–Crippen LogP) is 3.76. The van der Waals surface area contributed by atoms with Crippen LogP contribution < -0.4 is 10.1 Å². The van der Waals surface area contributed by atoms with Crippen molar-refractivity contribution in [3.63, 3.8) is 0 Å². The number of H-pyrrole nitrogens is 1. The maximum Gasteiger partial charge on any atom is 0.273 e. The lowest BCUT2D eigenvalue weighted by Gasteiger charge is -2.20. The molecule has 0 aliphatic heterocycles. The fourth-order valence-electron chi connectivity index (χ4n) is 3.18. The quantitative estimate of drug-likeness (QED) is 0.361. The largest absolute Gasteiger partial charge is 0.484 e. The first kappa shape index (κ1) is 19.1. The number of nitrogens with zero attached hydrogens (tertiary/aromatic N) is 2. The number of aromatic nitrogens is 2. The van der Waals surface area contributed by atoms with E-state index >= 15 is 0 Å². The summed E-state index contributed by atoms with van der Waals surface area (Å²) in [5.41, 5.74) is 3.42.